The second-order valence-corrected chi connectivity index (χ2v) is 28.5. The summed E-state index contributed by atoms with van der Waals surface area (Å²) >= 11 is 0. The maximum absolute atomic E-state index is 12.5. The number of rotatable bonds is 21. The first-order chi connectivity index (χ1) is 46.2. The Bertz CT molecular complexity index is 3580. The van der Waals surface area contributed by atoms with E-state index in [4.69, 9.17) is 16.5 Å². The third-order valence-electron chi connectivity index (χ3n) is 21.8. The van der Waals surface area contributed by atoms with E-state index in [1.54, 1.807) is 20.8 Å². The molecule has 3 aliphatic heterocycles. The van der Waals surface area contributed by atoms with Crippen LogP contribution in [-0.2, 0) is 49.9 Å². The predicted molar refractivity (Wildman–Crippen MR) is 403 cm³/mol. The van der Waals surface area contributed by atoms with E-state index in [0.29, 0.717) is 17.8 Å². The normalized spacial score (nSPS) is 22.2. The number of piperidine rings is 3. The molecular formula is C87H108N6O3. The second-order valence-electron chi connectivity index (χ2n) is 28.5. The van der Waals surface area contributed by atoms with Gasteiger partial charge in [-0.15, -0.1) is 13.2 Å². The molecule has 9 atom stereocenters. The number of carbonyl (C=O) groups is 3. The fraction of sp³-hybridized carbons (Fsp3) is 0.379. The van der Waals surface area contributed by atoms with E-state index in [1.807, 2.05) is 66.7 Å². The number of ketones is 3. The van der Waals surface area contributed by atoms with Gasteiger partial charge < -0.3 is 26.2 Å². The Morgan fingerprint density at radius 2 is 0.698 bits per heavy atom. The molecule has 3 aliphatic rings. The van der Waals surface area contributed by atoms with Crippen LogP contribution in [0.25, 0.3) is 0 Å². The van der Waals surface area contributed by atoms with Gasteiger partial charge in [0.05, 0.1) is 11.4 Å². The van der Waals surface area contributed by atoms with Crippen LogP contribution in [0, 0.1) is 35.5 Å². The van der Waals surface area contributed by atoms with Gasteiger partial charge in [0, 0.05) is 79.5 Å². The van der Waals surface area contributed by atoms with Crippen molar-refractivity contribution < 1.29 is 14.4 Å². The van der Waals surface area contributed by atoms with Crippen molar-refractivity contribution in [2.75, 3.05) is 70.4 Å². The van der Waals surface area contributed by atoms with E-state index in [1.165, 1.54) is 33.4 Å². The third-order valence-corrected chi connectivity index (χ3v) is 21.8. The van der Waals surface area contributed by atoms with Crippen LogP contribution in [0.4, 0.5) is 17.1 Å². The molecule has 3 fully saturated rings. The molecule has 0 saturated carbocycles. The maximum Gasteiger partial charge on any atom is 0.134 e. The fourth-order valence-electron chi connectivity index (χ4n) is 14.7. The van der Waals surface area contributed by atoms with Crippen LogP contribution < -0.4 is 11.5 Å². The number of benzene rings is 8. The number of aliphatic imine (C=N–C) groups is 1. The molecule has 9 nitrogen and oxygen atoms in total. The Morgan fingerprint density at radius 3 is 0.979 bits per heavy atom. The minimum absolute atomic E-state index is 0.0333. The molecule has 3 saturated heterocycles. The van der Waals surface area contributed by atoms with Crippen molar-refractivity contribution in [1.29, 1.82) is 0 Å². The van der Waals surface area contributed by atoms with Crippen molar-refractivity contribution >= 4 is 40.1 Å². The predicted octanol–water partition coefficient (Wildman–Crippen LogP) is 17.3. The van der Waals surface area contributed by atoms with Crippen molar-refractivity contribution in [2.45, 2.75) is 117 Å². The number of hydrogen-bond donors (Lipinski definition) is 2. The summed E-state index contributed by atoms with van der Waals surface area (Å²) in [5, 5.41) is 0. The lowest BCUT2D eigenvalue weighted by atomic mass is 9.68. The largest absolute Gasteiger partial charge is 0.399 e. The van der Waals surface area contributed by atoms with Crippen LogP contribution in [0.15, 0.2) is 243 Å². The Balaban J connectivity index is 0.000000187. The third kappa shape index (κ3) is 19.9. The zero-order valence-corrected chi connectivity index (χ0v) is 59.0. The molecule has 11 rings (SSSR count). The minimum Gasteiger partial charge on any atom is -0.399 e. The standard InChI is InChI=1S/C37H40N2O.2C24H32N2O.C2H4/c1-28-26-39(27-33(29(2)40)24-30-14-7-4-8-15-30)23-22-37(28,3)34-20-13-21-35(25-34)38-36(31-16-9-5-10-17-31)32-18-11-6-12-19-32;2*1-18-16-26(13-12-24(18,3)22-10-7-11-23(25)15-22)17-21(19(2)27)14-20-8-5-4-6-9-20;1-2/h4-21,25,28,33H,22-24,26-27H2,1-3H3;2*4-11,15,18,21H,12-14,16-17,25H2,1-3H3;1-2H2/t28-,33-,37+;2*18-,21-,24+;/m000./s1. The monoisotopic (exact) mass is 1280 g/mol. The van der Waals surface area contributed by atoms with Crippen LogP contribution in [0.3, 0.4) is 0 Å². The fourth-order valence-corrected chi connectivity index (χ4v) is 14.7. The number of Topliss-reactive ketones (excluding diaryl/α,β-unsaturated/α-hetero) is 3. The van der Waals surface area contributed by atoms with Gasteiger partial charge >= 0.3 is 0 Å². The lowest BCUT2D eigenvalue weighted by Gasteiger charge is -2.45. The average molecular weight is 1290 g/mol. The van der Waals surface area contributed by atoms with E-state index in [9.17, 15) is 14.4 Å². The van der Waals surface area contributed by atoms with Gasteiger partial charge in [-0.25, -0.2) is 4.99 Å². The molecule has 0 radical (unpaired) electrons. The van der Waals surface area contributed by atoms with E-state index < -0.39 is 0 Å². The molecule has 504 valence electrons. The SMILES string of the molecule is C=C.CC(=O)[C@@H](Cc1ccccc1)CN1CC[C@@](C)(c2cccc(N)c2)[C@@H](C)C1.CC(=O)[C@@H](Cc1ccccc1)CN1CC[C@@](C)(c2cccc(N)c2)[C@@H](C)C1.CC(=O)[C@@H](Cc1ccccc1)CN1CC[C@@](C)(c2cccc(N=C(c3ccccc3)c3ccccc3)c2)[C@@H](C)C1. The minimum atomic E-state index is 0.0333. The molecule has 0 aromatic heterocycles. The lowest BCUT2D eigenvalue weighted by Crippen LogP contribution is -2.49. The summed E-state index contributed by atoms with van der Waals surface area (Å²) in [6.45, 7) is 33.9. The average Bonchev–Trinajstić information content (AvgIpc) is 0.802. The Morgan fingerprint density at radius 1 is 0.417 bits per heavy atom. The van der Waals surface area contributed by atoms with Crippen molar-refractivity contribution in [1.82, 2.24) is 14.7 Å². The summed E-state index contributed by atoms with van der Waals surface area (Å²) in [5.74, 6) is 2.50. The molecular weight excluding hydrogens is 1180 g/mol. The van der Waals surface area contributed by atoms with Gasteiger partial charge in [-0.1, -0.05) is 230 Å². The van der Waals surface area contributed by atoms with E-state index in [-0.39, 0.29) is 51.3 Å². The highest BCUT2D eigenvalue weighted by molar-refractivity contribution is 6.14. The topological polar surface area (TPSA) is 125 Å². The summed E-state index contributed by atoms with van der Waals surface area (Å²) in [7, 11) is 0. The lowest BCUT2D eigenvalue weighted by molar-refractivity contribution is -0.122. The quantitative estimate of drug-likeness (QED) is 0.0414. The highest BCUT2D eigenvalue weighted by atomic mass is 16.1. The van der Waals surface area contributed by atoms with Crippen molar-refractivity contribution in [3.05, 3.63) is 282 Å². The summed E-state index contributed by atoms with van der Waals surface area (Å²) in [6.07, 6.45) is 5.70. The van der Waals surface area contributed by atoms with Gasteiger partial charge in [-0.05, 0) is 183 Å². The zero-order valence-electron chi connectivity index (χ0n) is 59.0. The highest BCUT2D eigenvalue weighted by Crippen LogP contribution is 2.43. The molecule has 0 unspecified atom stereocenters. The summed E-state index contributed by atoms with van der Waals surface area (Å²) in [6, 6.07) is 77.5. The molecule has 8 aromatic rings. The second kappa shape index (κ2) is 35.1. The number of nitrogen functional groups attached to an aromatic ring is 2. The molecule has 0 amide bonds. The van der Waals surface area contributed by atoms with Gasteiger partial charge in [0.25, 0.3) is 0 Å². The Labute approximate surface area is 576 Å². The first kappa shape index (κ1) is 73.5. The van der Waals surface area contributed by atoms with Crippen molar-refractivity contribution in [3.8, 4) is 0 Å². The summed E-state index contributed by atoms with van der Waals surface area (Å²) < 4.78 is 0. The number of hydrogen-bond acceptors (Lipinski definition) is 9. The Kier molecular flexibility index (Phi) is 26.8. The number of anilines is 2. The van der Waals surface area contributed by atoms with Gasteiger partial charge in [0.2, 0.25) is 0 Å². The molecule has 4 N–H and O–H groups in total. The van der Waals surface area contributed by atoms with Crippen LogP contribution >= 0.6 is 0 Å². The number of carbonyl (C=O) groups excluding carboxylic acids is 3. The van der Waals surface area contributed by atoms with E-state index in [2.05, 4.69) is 227 Å². The molecule has 3 heterocycles. The van der Waals surface area contributed by atoms with E-state index >= 15 is 0 Å². The van der Waals surface area contributed by atoms with Crippen molar-refractivity contribution in [2.24, 2.45) is 40.5 Å². The van der Waals surface area contributed by atoms with Crippen LogP contribution in [0.5, 0.6) is 0 Å². The summed E-state index contributed by atoms with van der Waals surface area (Å²) in [5.41, 5.74) is 26.0. The van der Waals surface area contributed by atoms with Gasteiger partial charge in [0.1, 0.15) is 17.3 Å². The maximum atomic E-state index is 12.5. The van der Waals surface area contributed by atoms with Crippen molar-refractivity contribution in [3.63, 3.8) is 0 Å². The molecule has 9 heteroatoms. The van der Waals surface area contributed by atoms with Crippen LogP contribution in [-0.4, -0.2) is 96.7 Å². The first-order valence-electron chi connectivity index (χ1n) is 35.0. The molecule has 0 bridgehead atoms. The van der Waals surface area contributed by atoms with Gasteiger partial charge in [0.15, 0.2) is 0 Å². The molecule has 0 spiro atoms. The van der Waals surface area contributed by atoms with Crippen LogP contribution in [0.1, 0.15) is 126 Å². The zero-order chi connectivity index (χ0) is 68.8. The molecule has 8 aromatic carbocycles. The summed E-state index contributed by atoms with van der Waals surface area (Å²) in [4.78, 5) is 49.7. The first-order valence-corrected chi connectivity index (χ1v) is 35.0. The van der Waals surface area contributed by atoms with Crippen LogP contribution in [0.2, 0.25) is 0 Å². The molecule has 96 heavy (non-hydrogen) atoms. The van der Waals surface area contributed by atoms with E-state index in [0.717, 1.165) is 131 Å². The van der Waals surface area contributed by atoms with Gasteiger partial charge in [-0.3, -0.25) is 14.4 Å². The number of nitrogens with two attached hydrogens (primary N) is 2. The highest BCUT2D eigenvalue weighted by Gasteiger charge is 2.42. The smallest absolute Gasteiger partial charge is 0.134 e. The Hall–Kier alpha value is -8.34. The number of nitrogens with zero attached hydrogens (tertiary/aromatic N) is 4. The molecule has 0 aliphatic carbocycles. The van der Waals surface area contributed by atoms with Gasteiger partial charge in [-0.2, -0.15) is 0 Å². The number of likely N-dealkylation sites (tertiary alicyclic amines) is 3.